The molecule has 2 aliphatic heterocycles. The van der Waals surface area contributed by atoms with Gasteiger partial charge < -0.3 is 5.32 Å². The number of fused-ring (bicyclic) bond motifs is 1. The third-order valence-electron chi connectivity index (χ3n) is 4.50. The van der Waals surface area contributed by atoms with Crippen LogP contribution >= 0.6 is 0 Å². The number of nitriles is 1. The Morgan fingerprint density at radius 2 is 2.00 bits per heavy atom. The molecule has 1 aromatic rings. The maximum absolute atomic E-state index is 12.3. The van der Waals surface area contributed by atoms with E-state index in [1.165, 1.54) is 10.6 Å². The molecule has 0 aliphatic carbocycles. The summed E-state index contributed by atoms with van der Waals surface area (Å²) in [7, 11) is -3.17. The number of nitrogens with zero attached hydrogens (tertiary/aromatic N) is 2. The van der Waals surface area contributed by atoms with Gasteiger partial charge in [0.25, 0.3) is 0 Å². The zero-order valence-electron chi connectivity index (χ0n) is 12.2. The van der Waals surface area contributed by atoms with Gasteiger partial charge in [0, 0.05) is 18.8 Å². The number of sulfonamides is 1. The molecule has 116 valence electrons. The van der Waals surface area contributed by atoms with E-state index in [9.17, 15) is 13.2 Å². The quantitative estimate of drug-likeness (QED) is 0.888. The molecule has 0 spiro atoms. The van der Waals surface area contributed by atoms with Crippen molar-refractivity contribution in [2.75, 3.05) is 24.7 Å². The van der Waals surface area contributed by atoms with Crippen molar-refractivity contribution in [1.29, 1.82) is 5.26 Å². The highest BCUT2D eigenvalue weighted by atomic mass is 32.2. The monoisotopic (exact) mass is 319 g/mol. The molecule has 2 aliphatic rings. The summed E-state index contributed by atoms with van der Waals surface area (Å²) in [5, 5.41) is 11.9. The van der Waals surface area contributed by atoms with Gasteiger partial charge in [-0.15, -0.1) is 0 Å². The van der Waals surface area contributed by atoms with Crippen molar-refractivity contribution >= 4 is 21.6 Å². The summed E-state index contributed by atoms with van der Waals surface area (Å²) in [4.78, 5) is 12.3. The van der Waals surface area contributed by atoms with E-state index < -0.39 is 10.0 Å². The van der Waals surface area contributed by atoms with Crippen molar-refractivity contribution < 1.29 is 13.2 Å². The fourth-order valence-electron chi connectivity index (χ4n) is 3.36. The SMILES string of the molecule is CS(=O)(=O)N1CCC(C2C(=O)Nc3ccc(C#N)cc32)CC1. The summed E-state index contributed by atoms with van der Waals surface area (Å²) in [6.07, 6.45) is 2.52. The highest BCUT2D eigenvalue weighted by molar-refractivity contribution is 7.88. The molecule has 1 fully saturated rings. The lowest BCUT2D eigenvalue weighted by Gasteiger charge is -2.32. The van der Waals surface area contributed by atoms with E-state index in [1.54, 1.807) is 18.2 Å². The van der Waals surface area contributed by atoms with Gasteiger partial charge >= 0.3 is 0 Å². The van der Waals surface area contributed by atoms with E-state index in [0.29, 0.717) is 31.5 Å². The first kappa shape index (κ1) is 15.0. The average Bonchev–Trinajstić information content (AvgIpc) is 2.81. The Morgan fingerprint density at radius 3 is 2.59 bits per heavy atom. The van der Waals surface area contributed by atoms with Gasteiger partial charge in [0.05, 0.1) is 23.8 Å². The van der Waals surface area contributed by atoms with Crippen LogP contribution in [0.1, 0.15) is 29.9 Å². The number of nitrogens with one attached hydrogen (secondary N) is 1. The number of amides is 1. The second-order valence-corrected chi connectivity index (χ2v) is 7.86. The van der Waals surface area contributed by atoms with E-state index in [-0.39, 0.29) is 17.7 Å². The molecule has 1 unspecified atom stereocenters. The molecular weight excluding hydrogens is 302 g/mol. The van der Waals surface area contributed by atoms with Crippen LogP contribution < -0.4 is 5.32 Å². The van der Waals surface area contributed by atoms with Gasteiger partial charge in [-0.3, -0.25) is 4.79 Å². The molecule has 1 N–H and O–H groups in total. The van der Waals surface area contributed by atoms with Gasteiger partial charge in [-0.1, -0.05) is 0 Å². The average molecular weight is 319 g/mol. The van der Waals surface area contributed by atoms with Gasteiger partial charge in [-0.25, -0.2) is 12.7 Å². The number of benzene rings is 1. The summed E-state index contributed by atoms with van der Waals surface area (Å²) in [5.74, 6) is -0.235. The van der Waals surface area contributed by atoms with E-state index in [2.05, 4.69) is 11.4 Å². The summed E-state index contributed by atoms with van der Waals surface area (Å²) < 4.78 is 24.6. The van der Waals surface area contributed by atoms with Crippen LogP contribution in [0.4, 0.5) is 5.69 Å². The zero-order valence-corrected chi connectivity index (χ0v) is 13.1. The Labute approximate surface area is 129 Å². The maximum atomic E-state index is 12.3. The fourth-order valence-corrected chi connectivity index (χ4v) is 4.24. The summed E-state index contributed by atoms with van der Waals surface area (Å²) in [5.41, 5.74) is 2.16. The number of hydrogen-bond acceptors (Lipinski definition) is 4. The maximum Gasteiger partial charge on any atom is 0.232 e. The van der Waals surface area contributed by atoms with Crippen molar-refractivity contribution in [1.82, 2.24) is 4.31 Å². The smallest absolute Gasteiger partial charge is 0.232 e. The minimum absolute atomic E-state index is 0.0529. The number of piperidine rings is 1. The minimum Gasteiger partial charge on any atom is -0.325 e. The van der Waals surface area contributed by atoms with Gasteiger partial charge in [0.1, 0.15) is 0 Å². The fraction of sp³-hybridized carbons (Fsp3) is 0.467. The van der Waals surface area contributed by atoms with Crippen LogP contribution in [0.25, 0.3) is 0 Å². The predicted octanol–water partition coefficient (Wildman–Crippen LogP) is 1.27. The summed E-state index contributed by atoms with van der Waals surface area (Å²) in [6, 6.07) is 7.31. The van der Waals surface area contributed by atoms with E-state index in [4.69, 9.17) is 5.26 Å². The number of anilines is 1. The molecule has 22 heavy (non-hydrogen) atoms. The molecule has 0 radical (unpaired) electrons. The first-order valence-corrected chi connectivity index (χ1v) is 9.05. The highest BCUT2D eigenvalue weighted by Gasteiger charge is 2.39. The van der Waals surface area contributed by atoms with Crippen molar-refractivity contribution in [3.8, 4) is 6.07 Å². The molecule has 1 amide bonds. The Bertz CT molecular complexity index is 759. The molecule has 2 heterocycles. The van der Waals surface area contributed by atoms with Gasteiger partial charge in [-0.2, -0.15) is 5.26 Å². The minimum atomic E-state index is -3.17. The lowest BCUT2D eigenvalue weighted by Crippen LogP contribution is -2.40. The second kappa shape index (κ2) is 5.38. The van der Waals surface area contributed by atoms with Crippen molar-refractivity contribution in [2.45, 2.75) is 18.8 Å². The van der Waals surface area contributed by atoms with Crippen LogP contribution in [0, 0.1) is 17.2 Å². The Balaban J connectivity index is 1.83. The predicted molar refractivity (Wildman–Crippen MR) is 81.7 cm³/mol. The van der Waals surface area contributed by atoms with Crippen LogP contribution in [-0.4, -0.2) is 38.0 Å². The van der Waals surface area contributed by atoms with Crippen LogP contribution in [-0.2, 0) is 14.8 Å². The molecule has 0 aromatic heterocycles. The largest absolute Gasteiger partial charge is 0.325 e. The molecule has 1 saturated heterocycles. The van der Waals surface area contributed by atoms with E-state index in [0.717, 1.165) is 11.3 Å². The molecular formula is C15H17N3O3S. The first-order valence-electron chi connectivity index (χ1n) is 7.20. The Morgan fingerprint density at radius 1 is 1.32 bits per heavy atom. The van der Waals surface area contributed by atoms with Crippen LogP contribution in [0.5, 0.6) is 0 Å². The second-order valence-electron chi connectivity index (χ2n) is 5.88. The molecule has 0 bridgehead atoms. The van der Waals surface area contributed by atoms with Crippen LogP contribution in [0.3, 0.4) is 0 Å². The Hall–Kier alpha value is -1.91. The zero-order chi connectivity index (χ0) is 15.9. The third-order valence-corrected chi connectivity index (χ3v) is 5.80. The normalized spacial score (nSPS) is 22.9. The highest BCUT2D eigenvalue weighted by Crippen LogP contribution is 2.41. The Kier molecular flexibility index (Phi) is 3.67. The lowest BCUT2D eigenvalue weighted by molar-refractivity contribution is -0.118. The first-order chi connectivity index (χ1) is 10.4. The lowest BCUT2D eigenvalue weighted by atomic mass is 9.81. The van der Waals surface area contributed by atoms with E-state index in [1.807, 2.05) is 0 Å². The standard InChI is InChI=1S/C15H17N3O3S/c1-22(20,21)18-6-4-11(5-7-18)14-12-8-10(9-16)2-3-13(12)17-15(14)19/h2-3,8,11,14H,4-7H2,1H3,(H,17,19). The third kappa shape index (κ3) is 2.60. The molecule has 0 saturated carbocycles. The number of carbonyl (C=O) groups excluding carboxylic acids is 1. The summed E-state index contributed by atoms with van der Waals surface area (Å²) in [6.45, 7) is 0.890. The van der Waals surface area contributed by atoms with Gasteiger partial charge in [0.2, 0.25) is 15.9 Å². The number of hydrogen-bond donors (Lipinski definition) is 1. The number of carbonyl (C=O) groups is 1. The van der Waals surface area contributed by atoms with Crippen molar-refractivity contribution in [3.05, 3.63) is 29.3 Å². The van der Waals surface area contributed by atoms with E-state index >= 15 is 0 Å². The van der Waals surface area contributed by atoms with Crippen LogP contribution in [0.2, 0.25) is 0 Å². The number of rotatable bonds is 2. The van der Waals surface area contributed by atoms with Crippen LogP contribution in [0.15, 0.2) is 18.2 Å². The molecule has 7 heteroatoms. The topological polar surface area (TPSA) is 90.3 Å². The molecule has 1 aromatic carbocycles. The molecule has 3 rings (SSSR count). The molecule has 6 nitrogen and oxygen atoms in total. The van der Waals surface area contributed by atoms with Crippen molar-refractivity contribution in [3.63, 3.8) is 0 Å². The van der Waals surface area contributed by atoms with Gasteiger partial charge in [0.15, 0.2) is 0 Å². The molecule has 1 atom stereocenters. The summed E-state index contributed by atoms with van der Waals surface area (Å²) >= 11 is 0. The van der Waals surface area contributed by atoms with Crippen molar-refractivity contribution in [2.24, 2.45) is 5.92 Å². The van der Waals surface area contributed by atoms with Gasteiger partial charge in [-0.05, 0) is 42.5 Å².